The van der Waals surface area contributed by atoms with Gasteiger partial charge in [-0.3, -0.25) is 7.06 Å². The Labute approximate surface area is 512 Å². The molecule has 0 amide bonds. The van der Waals surface area contributed by atoms with E-state index in [9.17, 15) is 0 Å². The van der Waals surface area contributed by atoms with Gasteiger partial charge in [-0.1, -0.05) is 0 Å². The zero-order chi connectivity index (χ0) is 57.9. The Morgan fingerprint density at radius 3 is 0.315 bits per heavy atom. The molecule has 0 nitrogen and oxygen atoms in total. The van der Waals surface area contributed by atoms with Crippen molar-refractivity contribution in [2.75, 3.05) is 0 Å². The first-order chi connectivity index (χ1) is 33.2. The highest BCUT2D eigenvalue weighted by molar-refractivity contribution is 8.40. The van der Waals surface area contributed by atoms with Gasteiger partial charge < -0.3 is 7.74 Å². The minimum absolute atomic E-state index is 1.11. The van der Waals surface area contributed by atoms with E-state index in [2.05, 4.69) is 0 Å². The van der Waals surface area contributed by atoms with E-state index in [1.165, 1.54) is 0 Å². The molecule has 0 aromatic carbocycles. The van der Waals surface area contributed by atoms with Gasteiger partial charge in [0.1, 0.15) is 0 Å². The summed E-state index contributed by atoms with van der Waals surface area (Å²) in [5, 5.41) is 0. The summed E-state index contributed by atoms with van der Waals surface area (Å²) < 4.78 is 0. The molecule has 220 valence electrons. The molecular formula is B73-. The SMILES string of the molecule is [B]B([B])B([B][B-])B(B([B])[B])B(B(B(B([B])[B])B([B])[B])B(B([B])[B])B([B])[B])B(B(B(B([B])[B])B([B])[B])B(B([B])[B])B([B])[B])B(B(B(B([B])[B])B([B])[B])B(B([B])[B])B([B])[B])B(B(B([B])[B])B([B])[B])B(B([B])[B])B([B])[B]. The number of hydrogen-bond acceptors (Lipinski definition) is 0. The van der Waals surface area contributed by atoms with Crippen LogP contribution >= 0.6 is 0 Å². The summed E-state index contributed by atoms with van der Waals surface area (Å²) in [4.78, 5) is 0. The van der Waals surface area contributed by atoms with Crippen molar-refractivity contribution in [3.8, 4) is 0 Å². The van der Waals surface area contributed by atoms with E-state index in [-0.39, 0.29) is 0 Å². The lowest BCUT2D eigenvalue weighted by molar-refractivity contribution is 3.15. The Balaban J connectivity index is 12.0. The average molecular weight is 789 g/mol. The van der Waals surface area contributed by atoms with Crippen LogP contribution in [0.15, 0.2) is 0 Å². The second-order valence-corrected chi connectivity index (χ2v) is 20.4. The van der Waals surface area contributed by atoms with Gasteiger partial charge in [0.05, 0.1) is 0 Å². The summed E-state index contributed by atoms with van der Waals surface area (Å²) in [5.74, 6) is 0. The third-order valence-electron chi connectivity index (χ3n) is 15.3. The van der Waals surface area contributed by atoms with Gasteiger partial charge in [0.25, 0.3) is 0 Å². The molecule has 0 heterocycles. The van der Waals surface area contributed by atoms with Crippen LogP contribution in [0.25, 0.3) is 0 Å². The topological polar surface area (TPSA) is 0 Å². The van der Waals surface area contributed by atoms with Gasteiger partial charge in [0.15, 0.2) is 0 Å². The van der Waals surface area contributed by atoms with Crippen molar-refractivity contribution in [2.45, 2.75) is 0 Å². The van der Waals surface area contributed by atoms with Crippen LogP contribution in [0.5, 0.6) is 0 Å². The predicted molar refractivity (Wildman–Crippen MR) is 420 cm³/mol. The fraction of sp³-hybridized carbons (Fsp3) is 0. The highest BCUT2D eigenvalue weighted by Gasteiger charge is 2.64. The lowest BCUT2D eigenvalue weighted by Gasteiger charge is -2.61. The van der Waals surface area contributed by atoms with Crippen molar-refractivity contribution in [3.63, 3.8) is 0 Å². The van der Waals surface area contributed by atoms with Crippen LogP contribution < -0.4 is 0 Å². The molecule has 0 rings (SSSR count). The monoisotopic (exact) mass is 804 g/mol. The summed E-state index contributed by atoms with van der Waals surface area (Å²) in [6.45, 7) is 0. The number of rotatable bonds is 35. The third-order valence-corrected chi connectivity index (χ3v) is 15.3. The summed E-state index contributed by atoms with van der Waals surface area (Å²) in [7, 11) is 252. The summed E-state index contributed by atoms with van der Waals surface area (Å²) in [5.41, 5.74) is 0. The largest absolute Gasteiger partial charge is 0.690 e. The molecule has 0 aromatic heterocycles. The smallest absolute Gasteiger partial charge is 0 e. The van der Waals surface area contributed by atoms with Crippen molar-refractivity contribution in [2.24, 2.45) is 0 Å². The first-order valence-electron chi connectivity index (χ1n) is 24.0. The minimum atomic E-state index is -1.76. The molecule has 0 spiro atoms. The van der Waals surface area contributed by atoms with Crippen LogP contribution in [-0.2, 0) is 0 Å². The second-order valence-electron chi connectivity index (χ2n) is 20.4. The van der Waals surface area contributed by atoms with Gasteiger partial charge in [0.2, 0.25) is 0 Å². The molecule has 0 atom stereocenters. The second kappa shape index (κ2) is 35.9. The maximum atomic E-state index is 7.02. The maximum Gasteiger partial charge on any atom is 0 e. The maximum absolute atomic E-state index is 7.02. The molecule has 0 aliphatic heterocycles. The highest BCUT2D eigenvalue weighted by atomic mass is 13.5. The zero-order valence-corrected chi connectivity index (χ0v) is 42.1. The Morgan fingerprint density at radius 1 is 0.137 bits per heavy atom. The lowest BCUT2D eigenvalue weighted by atomic mass is 8.21. The molecule has 0 aliphatic carbocycles. The Bertz CT molecular complexity index is 1200. The highest BCUT2D eigenvalue weighted by Crippen LogP contribution is 2.26. The molecule has 0 unspecified atom stereocenters. The molecule has 76 radical (unpaired) electrons. The molecular weight excluding hydrogens is 789 g/mol. The molecule has 0 aromatic rings. The van der Waals surface area contributed by atoms with Crippen molar-refractivity contribution >= 4 is 517 Å². The molecule has 0 saturated heterocycles. The normalized spacial score (nSPS) is 9.77. The van der Waals surface area contributed by atoms with Gasteiger partial charge in [-0.25, -0.2) is 0 Å². The minimum Gasteiger partial charge on any atom is -0.690 e. The van der Waals surface area contributed by atoms with Gasteiger partial charge in [-0.2, -0.15) is 0 Å². The number of hydrogen-bond donors (Lipinski definition) is 0. The van der Waals surface area contributed by atoms with Crippen molar-refractivity contribution in [3.05, 3.63) is 0 Å². The van der Waals surface area contributed by atoms with Gasteiger partial charge in [-0.15, -0.1) is 0 Å². The van der Waals surface area contributed by atoms with Gasteiger partial charge in [-0.05, 0) is 378 Å². The van der Waals surface area contributed by atoms with Crippen molar-refractivity contribution in [1.29, 1.82) is 0 Å². The summed E-state index contributed by atoms with van der Waals surface area (Å²) >= 11 is 0. The van der Waals surface area contributed by atoms with Gasteiger partial charge in [0, 0.05) is 124 Å². The first kappa shape index (κ1) is 77.7. The van der Waals surface area contributed by atoms with E-state index < -0.39 is 223 Å². The van der Waals surface area contributed by atoms with E-state index in [1.807, 2.05) is 0 Å². The Morgan fingerprint density at radius 2 is 0.233 bits per heavy atom. The van der Waals surface area contributed by atoms with E-state index in [0.29, 0.717) is 0 Å². The molecule has 0 saturated carbocycles. The molecule has 0 N–H and O–H groups in total. The van der Waals surface area contributed by atoms with E-state index in [4.69, 9.17) is 286 Å². The van der Waals surface area contributed by atoms with Crippen molar-refractivity contribution in [1.82, 2.24) is 0 Å². The standard InChI is InChI=1S/B73/c1-38-57(39(2)3)66(56(36)37)71(67(58(40(4)5)41(6)7)59(42(8)9)43(10)11)73(70(64(52(28)29)53(30)31)65(54(32)33)55(34)35)72(68(60(44(12)13)45(14)15)61(46(16)17)47(18)19)69(62(48(20)21)49(22)23)63(50(24)25)51(26)27/q-1. The molecule has 73 heavy (non-hydrogen) atoms. The summed E-state index contributed by atoms with van der Waals surface area (Å²) in [6, 6.07) is 0. The zero-order valence-electron chi connectivity index (χ0n) is 42.1. The fourth-order valence-corrected chi connectivity index (χ4v) is 12.8. The van der Waals surface area contributed by atoms with Crippen LogP contribution in [0.3, 0.4) is 0 Å². The quantitative estimate of drug-likeness (QED) is 0.0561. The lowest BCUT2D eigenvalue weighted by Crippen LogP contribution is -2.99. The van der Waals surface area contributed by atoms with Crippen LogP contribution in [0, 0.1) is 0 Å². The predicted octanol–water partition coefficient (Wildman–Crippen LogP) is -27.8. The molecule has 0 aliphatic rings. The van der Waals surface area contributed by atoms with Crippen LogP contribution in [-0.4, -0.2) is 517 Å². The van der Waals surface area contributed by atoms with E-state index in [1.54, 1.807) is 0 Å². The molecule has 0 bridgehead atoms. The van der Waals surface area contributed by atoms with Crippen LogP contribution in [0.1, 0.15) is 0 Å². The fourth-order valence-electron chi connectivity index (χ4n) is 12.8. The van der Waals surface area contributed by atoms with E-state index in [0.717, 1.165) is 7.06 Å². The van der Waals surface area contributed by atoms with Crippen LogP contribution in [0.2, 0.25) is 0 Å². The summed E-state index contributed by atoms with van der Waals surface area (Å²) in [6.07, 6.45) is -55.1. The third kappa shape index (κ3) is 21.0. The Hall–Kier alpha value is 4.74. The van der Waals surface area contributed by atoms with Gasteiger partial charge >= 0.3 is 0 Å². The van der Waals surface area contributed by atoms with Crippen LogP contribution in [0.4, 0.5) is 0 Å². The first-order valence-corrected chi connectivity index (χ1v) is 24.0. The molecule has 0 fully saturated rings. The Kier molecular flexibility index (Phi) is 38.2. The average Bonchev–Trinajstić information content (AvgIpc) is 3.17. The van der Waals surface area contributed by atoms with Crippen molar-refractivity contribution < 1.29 is 0 Å². The molecule has 73 heteroatoms. The van der Waals surface area contributed by atoms with E-state index >= 15 is 0 Å².